The van der Waals surface area contributed by atoms with Gasteiger partial charge in [-0.1, -0.05) is 13.8 Å². The van der Waals surface area contributed by atoms with Crippen LogP contribution in [0.15, 0.2) is 6.07 Å². The number of aromatic nitrogens is 1. The van der Waals surface area contributed by atoms with Crippen LogP contribution in [0.1, 0.15) is 55.3 Å². The van der Waals surface area contributed by atoms with Crippen molar-refractivity contribution >= 4 is 0 Å². The van der Waals surface area contributed by atoms with E-state index < -0.39 is 0 Å². The lowest BCUT2D eigenvalue weighted by Gasteiger charge is -2.23. The van der Waals surface area contributed by atoms with Crippen LogP contribution >= 0.6 is 0 Å². The number of aryl methyl sites for hydroxylation is 2. The highest BCUT2D eigenvalue weighted by molar-refractivity contribution is 5.35. The van der Waals surface area contributed by atoms with E-state index in [1.807, 2.05) is 0 Å². The van der Waals surface area contributed by atoms with Crippen LogP contribution in [0.25, 0.3) is 0 Å². The van der Waals surface area contributed by atoms with Crippen molar-refractivity contribution < 1.29 is 5.11 Å². The Morgan fingerprint density at radius 1 is 1.40 bits per heavy atom. The lowest BCUT2D eigenvalue weighted by molar-refractivity contribution is 0.151. The van der Waals surface area contributed by atoms with Crippen LogP contribution in [0, 0.1) is 0 Å². The molecular formula is C13H19NO. The first-order valence-corrected chi connectivity index (χ1v) is 5.95. The number of hydrogen-bond acceptors (Lipinski definition) is 2. The molecule has 1 aliphatic rings. The average molecular weight is 205 g/mol. The molecular weight excluding hydrogens is 186 g/mol. The largest absolute Gasteiger partial charge is 0.387 e. The number of hydrogen-bond donors (Lipinski definition) is 1. The molecule has 2 nitrogen and oxygen atoms in total. The topological polar surface area (TPSA) is 33.1 Å². The van der Waals surface area contributed by atoms with Gasteiger partial charge in [-0.3, -0.25) is 4.98 Å². The highest BCUT2D eigenvalue weighted by Crippen LogP contribution is 2.31. The van der Waals surface area contributed by atoms with Gasteiger partial charge in [-0.15, -0.1) is 0 Å². The Bertz CT molecular complexity index is 360. The molecule has 0 aliphatic heterocycles. The maximum Gasteiger partial charge on any atom is 0.0962 e. The standard InChI is InChI=1S/C13H19NO/c1-3-9-8-10(4-2)14-13-11(9)6-5-7-12(13)15/h8,12,15H,3-7H2,1-2H3. The first kappa shape index (κ1) is 10.6. The number of rotatable bonds is 2. The molecule has 0 aromatic carbocycles. The molecule has 82 valence electrons. The number of nitrogens with zero attached hydrogens (tertiary/aromatic N) is 1. The maximum absolute atomic E-state index is 9.94. The molecule has 2 rings (SSSR count). The SMILES string of the molecule is CCc1cc(CC)c2c(n1)C(O)CCC2. The second kappa shape index (κ2) is 4.31. The fraction of sp³-hybridized carbons (Fsp3) is 0.615. The molecule has 1 N–H and O–H groups in total. The van der Waals surface area contributed by atoms with Crippen LogP contribution in [-0.4, -0.2) is 10.1 Å². The van der Waals surface area contributed by atoms with Crippen LogP contribution < -0.4 is 0 Å². The molecule has 0 saturated heterocycles. The van der Waals surface area contributed by atoms with Gasteiger partial charge in [0.15, 0.2) is 0 Å². The van der Waals surface area contributed by atoms with Gasteiger partial charge in [0.25, 0.3) is 0 Å². The lowest BCUT2D eigenvalue weighted by Crippen LogP contribution is -2.15. The van der Waals surface area contributed by atoms with Gasteiger partial charge < -0.3 is 5.11 Å². The van der Waals surface area contributed by atoms with Crippen LogP contribution in [0.2, 0.25) is 0 Å². The molecule has 2 heteroatoms. The van der Waals surface area contributed by atoms with Gasteiger partial charge >= 0.3 is 0 Å². The molecule has 1 unspecified atom stereocenters. The second-order valence-corrected chi connectivity index (χ2v) is 4.25. The fourth-order valence-electron chi connectivity index (χ4n) is 2.38. The van der Waals surface area contributed by atoms with E-state index >= 15 is 0 Å². The zero-order valence-corrected chi connectivity index (χ0v) is 9.58. The summed E-state index contributed by atoms with van der Waals surface area (Å²) in [5.74, 6) is 0. The molecule has 0 amide bonds. The Hall–Kier alpha value is -0.890. The van der Waals surface area contributed by atoms with Crippen LogP contribution in [0.5, 0.6) is 0 Å². The molecule has 1 aromatic heterocycles. The van der Waals surface area contributed by atoms with Gasteiger partial charge in [0.05, 0.1) is 11.8 Å². The minimum atomic E-state index is -0.328. The Morgan fingerprint density at radius 2 is 2.20 bits per heavy atom. The van der Waals surface area contributed by atoms with E-state index in [-0.39, 0.29) is 6.10 Å². The fourth-order valence-corrected chi connectivity index (χ4v) is 2.38. The lowest BCUT2D eigenvalue weighted by atomic mass is 9.89. The third-order valence-electron chi connectivity index (χ3n) is 3.26. The maximum atomic E-state index is 9.94. The van der Waals surface area contributed by atoms with Crippen molar-refractivity contribution in [3.05, 3.63) is 28.6 Å². The predicted octanol–water partition coefficient (Wildman–Crippen LogP) is 2.58. The zero-order chi connectivity index (χ0) is 10.8. The summed E-state index contributed by atoms with van der Waals surface area (Å²) in [6.45, 7) is 4.29. The van der Waals surface area contributed by atoms with E-state index in [4.69, 9.17) is 0 Å². The monoisotopic (exact) mass is 205 g/mol. The molecule has 0 bridgehead atoms. The summed E-state index contributed by atoms with van der Waals surface area (Å²) in [7, 11) is 0. The summed E-state index contributed by atoms with van der Waals surface area (Å²) < 4.78 is 0. The summed E-state index contributed by atoms with van der Waals surface area (Å²) in [6.07, 6.45) is 4.72. The number of pyridine rings is 1. The number of aliphatic hydroxyl groups excluding tert-OH is 1. The second-order valence-electron chi connectivity index (χ2n) is 4.25. The minimum absolute atomic E-state index is 0.328. The quantitative estimate of drug-likeness (QED) is 0.805. The van der Waals surface area contributed by atoms with Crippen molar-refractivity contribution in [3.63, 3.8) is 0 Å². The van der Waals surface area contributed by atoms with E-state index in [2.05, 4.69) is 24.9 Å². The van der Waals surface area contributed by atoms with Gasteiger partial charge in [-0.05, 0) is 49.3 Å². The number of fused-ring (bicyclic) bond motifs is 1. The van der Waals surface area contributed by atoms with Gasteiger partial charge in [-0.25, -0.2) is 0 Å². The molecule has 1 atom stereocenters. The molecule has 0 saturated carbocycles. The molecule has 1 heterocycles. The number of aliphatic hydroxyl groups is 1. The molecule has 15 heavy (non-hydrogen) atoms. The highest BCUT2D eigenvalue weighted by atomic mass is 16.3. The Kier molecular flexibility index (Phi) is 3.06. The van der Waals surface area contributed by atoms with E-state index in [9.17, 15) is 5.11 Å². The van der Waals surface area contributed by atoms with E-state index in [0.717, 1.165) is 43.5 Å². The van der Waals surface area contributed by atoms with Gasteiger partial charge in [0.1, 0.15) is 0 Å². The van der Waals surface area contributed by atoms with Gasteiger partial charge in [0.2, 0.25) is 0 Å². The minimum Gasteiger partial charge on any atom is -0.387 e. The normalized spacial score (nSPS) is 20.1. The van der Waals surface area contributed by atoms with E-state index in [1.165, 1.54) is 11.1 Å². The summed E-state index contributed by atoms with van der Waals surface area (Å²) in [5.41, 5.74) is 4.77. The Labute approximate surface area is 91.4 Å². The van der Waals surface area contributed by atoms with E-state index in [0.29, 0.717) is 0 Å². The van der Waals surface area contributed by atoms with Crippen LogP contribution in [0.4, 0.5) is 0 Å². The molecule has 1 aliphatic carbocycles. The summed E-state index contributed by atoms with van der Waals surface area (Å²) in [6, 6.07) is 2.21. The zero-order valence-electron chi connectivity index (χ0n) is 9.58. The Balaban J connectivity index is 2.52. The van der Waals surface area contributed by atoms with Crippen molar-refractivity contribution in [1.82, 2.24) is 4.98 Å². The third-order valence-corrected chi connectivity index (χ3v) is 3.26. The van der Waals surface area contributed by atoms with Crippen molar-refractivity contribution in [2.45, 2.75) is 52.1 Å². The first-order chi connectivity index (χ1) is 7.26. The average Bonchev–Trinajstić information content (AvgIpc) is 2.28. The van der Waals surface area contributed by atoms with Crippen LogP contribution in [-0.2, 0) is 19.3 Å². The van der Waals surface area contributed by atoms with Crippen molar-refractivity contribution in [3.8, 4) is 0 Å². The highest BCUT2D eigenvalue weighted by Gasteiger charge is 2.22. The molecule has 0 spiro atoms. The molecule has 0 fully saturated rings. The van der Waals surface area contributed by atoms with E-state index in [1.54, 1.807) is 0 Å². The molecule has 0 radical (unpaired) electrons. The summed E-state index contributed by atoms with van der Waals surface area (Å²) in [4.78, 5) is 4.57. The van der Waals surface area contributed by atoms with Crippen molar-refractivity contribution in [2.75, 3.05) is 0 Å². The summed E-state index contributed by atoms with van der Waals surface area (Å²) >= 11 is 0. The van der Waals surface area contributed by atoms with Crippen molar-refractivity contribution in [1.29, 1.82) is 0 Å². The summed E-state index contributed by atoms with van der Waals surface area (Å²) in [5, 5.41) is 9.94. The smallest absolute Gasteiger partial charge is 0.0962 e. The molecule has 1 aromatic rings. The Morgan fingerprint density at radius 3 is 2.87 bits per heavy atom. The van der Waals surface area contributed by atoms with Crippen molar-refractivity contribution in [2.24, 2.45) is 0 Å². The van der Waals surface area contributed by atoms with Gasteiger partial charge in [0, 0.05) is 5.69 Å². The van der Waals surface area contributed by atoms with Gasteiger partial charge in [-0.2, -0.15) is 0 Å². The third kappa shape index (κ3) is 1.91. The first-order valence-electron chi connectivity index (χ1n) is 5.95. The predicted molar refractivity (Wildman–Crippen MR) is 60.9 cm³/mol. The van der Waals surface area contributed by atoms with Crippen LogP contribution in [0.3, 0.4) is 0 Å².